The standard InChI is InChI=1S/C5H8O2.K/c1-4(6)3-5(2)7;/h3H2,1-2H3;. The first-order valence-corrected chi connectivity index (χ1v) is 2.12. The van der Waals surface area contributed by atoms with Gasteiger partial charge in [-0.1, -0.05) is 0 Å². The van der Waals surface area contributed by atoms with E-state index in [0.717, 1.165) is 0 Å². The smallest absolute Gasteiger partial charge is 0.137 e. The van der Waals surface area contributed by atoms with Crippen LogP contribution in [-0.2, 0) is 9.59 Å². The van der Waals surface area contributed by atoms with Gasteiger partial charge in [0.1, 0.15) is 11.6 Å². The van der Waals surface area contributed by atoms with Crippen molar-refractivity contribution in [2.24, 2.45) is 0 Å². The van der Waals surface area contributed by atoms with Gasteiger partial charge in [0.05, 0.1) is 6.42 Å². The number of Topliss-reactive ketones (excluding diaryl/α,β-unsaturated/α-hetero) is 2. The Morgan fingerprint density at radius 3 is 1.38 bits per heavy atom. The van der Waals surface area contributed by atoms with Crippen molar-refractivity contribution in [2.45, 2.75) is 20.3 Å². The van der Waals surface area contributed by atoms with Crippen molar-refractivity contribution in [1.29, 1.82) is 0 Å². The Balaban J connectivity index is 0. The van der Waals surface area contributed by atoms with E-state index >= 15 is 0 Å². The Hall–Kier alpha value is 0.976. The molecule has 8 heavy (non-hydrogen) atoms. The van der Waals surface area contributed by atoms with Gasteiger partial charge in [-0.25, -0.2) is 0 Å². The molecule has 0 saturated carbocycles. The average Bonchev–Trinajstić information content (AvgIpc) is 1.27. The van der Waals surface area contributed by atoms with Crippen LogP contribution in [0.4, 0.5) is 0 Å². The summed E-state index contributed by atoms with van der Waals surface area (Å²) in [6, 6.07) is 0. The number of rotatable bonds is 2. The molecule has 3 heteroatoms. The molecule has 0 heterocycles. The van der Waals surface area contributed by atoms with Crippen molar-refractivity contribution in [2.75, 3.05) is 0 Å². The Kier molecular flexibility index (Phi) is 8.95. The first-order valence-electron chi connectivity index (χ1n) is 2.12. The molecule has 0 saturated heterocycles. The van der Waals surface area contributed by atoms with Gasteiger partial charge in [-0.3, -0.25) is 9.59 Å². The maximum Gasteiger partial charge on any atom is 0.137 e. The quantitative estimate of drug-likeness (QED) is 0.404. The predicted molar refractivity (Wildman–Crippen MR) is 31.7 cm³/mol. The molecule has 0 amide bonds. The molecule has 0 aliphatic carbocycles. The largest absolute Gasteiger partial charge is 0.300 e. The van der Waals surface area contributed by atoms with Crippen molar-refractivity contribution in [3.63, 3.8) is 0 Å². The fourth-order valence-corrected chi connectivity index (χ4v) is 0.351. The number of ketones is 2. The van der Waals surface area contributed by atoms with Crippen LogP contribution in [0.3, 0.4) is 0 Å². The zero-order valence-electron chi connectivity index (χ0n) is 5.52. The van der Waals surface area contributed by atoms with Crippen LogP contribution in [-0.4, -0.2) is 63.0 Å². The number of carbonyl (C=O) groups excluding carboxylic acids is 2. The van der Waals surface area contributed by atoms with Gasteiger partial charge in [0.2, 0.25) is 0 Å². The van der Waals surface area contributed by atoms with Crippen LogP contribution >= 0.6 is 0 Å². The van der Waals surface area contributed by atoms with Gasteiger partial charge in [0.15, 0.2) is 0 Å². The van der Waals surface area contributed by atoms with Crippen molar-refractivity contribution < 1.29 is 9.59 Å². The first-order chi connectivity index (χ1) is 3.13. The van der Waals surface area contributed by atoms with Crippen LogP contribution in [0.25, 0.3) is 0 Å². The average molecular weight is 139 g/mol. The second kappa shape index (κ2) is 6.10. The summed E-state index contributed by atoms with van der Waals surface area (Å²) in [5, 5.41) is 0. The summed E-state index contributed by atoms with van der Waals surface area (Å²) >= 11 is 0. The van der Waals surface area contributed by atoms with E-state index in [4.69, 9.17) is 0 Å². The Bertz CT molecular complexity index is 86.6. The molecular formula is C5H8KO2. The summed E-state index contributed by atoms with van der Waals surface area (Å²) in [5.74, 6) is -0.125. The summed E-state index contributed by atoms with van der Waals surface area (Å²) in [7, 11) is 0. The number of hydrogen-bond donors (Lipinski definition) is 0. The molecule has 0 aromatic carbocycles. The molecule has 0 aromatic heterocycles. The molecule has 0 atom stereocenters. The summed E-state index contributed by atoms with van der Waals surface area (Å²) in [5.41, 5.74) is 0. The third-order valence-corrected chi connectivity index (χ3v) is 0.498. The minimum atomic E-state index is -0.0625. The third-order valence-electron chi connectivity index (χ3n) is 0.498. The van der Waals surface area contributed by atoms with Gasteiger partial charge >= 0.3 is 0 Å². The number of carbonyl (C=O) groups is 2. The van der Waals surface area contributed by atoms with Crippen LogP contribution in [0, 0.1) is 0 Å². The molecule has 0 fully saturated rings. The zero-order valence-corrected chi connectivity index (χ0v) is 8.65. The van der Waals surface area contributed by atoms with Crippen LogP contribution in [0.5, 0.6) is 0 Å². The van der Waals surface area contributed by atoms with E-state index in [1.165, 1.54) is 13.8 Å². The van der Waals surface area contributed by atoms with Crippen LogP contribution in [0.2, 0.25) is 0 Å². The molecule has 0 aliphatic heterocycles. The summed E-state index contributed by atoms with van der Waals surface area (Å²) in [4.78, 5) is 20.1. The maximum absolute atomic E-state index is 10.0. The minimum absolute atomic E-state index is 0. The van der Waals surface area contributed by atoms with Crippen molar-refractivity contribution in [1.82, 2.24) is 0 Å². The number of hydrogen-bond acceptors (Lipinski definition) is 2. The normalized spacial score (nSPS) is 7.25. The Morgan fingerprint density at radius 2 is 1.38 bits per heavy atom. The summed E-state index contributed by atoms with van der Waals surface area (Å²) in [6.45, 7) is 2.81. The van der Waals surface area contributed by atoms with E-state index in [-0.39, 0.29) is 69.4 Å². The molecule has 41 valence electrons. The van der Waals surface area contributed by atoms with Crippen molar-refractivity contribution >= 4 is 63.0 Å². The first kappa shape index (κ1) is 11.7. The molecule has 0 aromatic rings. The van der Waals surface area contributed by atoms with E-state index < -0.39 is 0 Å². The van der Waals surface area contributed by atoms with Gasteiger partial charge in [-0.2, -0.15) is 0 Å². The van der Waals surface area contributed by atoms with Crippen molar-refractivity contribution in [3.05, 3.63) is 0 Å². The van der Waals surface area contributed by atoms with Crippen molar-refractivity contribution in [3.8, 4) is 0 Å². The van der Waals surface area contributed by atoms with E-state index in [2.05, 4.69) is 0 Å². The summed E-state index contributed by atoms with van der Waals surface area (Å²) < 4.78 is 0. The SMILES string of the molecule is CC(=O)CC(C)=O.[K]. The van der Waals surface area contributed by atoms with Gasteiger partial charge in [-0.05, 0) is 13.8 Å². The fourth-order valence-electron chi connectivity index (χ4n) is 0.351. The molecule has 2 nitrogen and oxygen atoms in total. The second-order valence-electron chi connectivity index (χ2n) is 1.58. The molecule has 0 spiro atoms. The van der Waals surface area contributed by atoms with Crippen LogP contribution < -0.4 is 0 Å². The van der Waals surface area contributed by atoms with Gasteiger partial charge in [-0.15, -0.1) is 0 Å². The topological polar surface area (TPSA) is 34.1 Å². The predicted octanol–water partition coefficient (Wildman–Crippen LogP) is 0.174. The van der Waals surface area contributed by atoms with E-state index in [1.54, 1.807) is 0 Å². The van der Waals surface area contributed by atoms with Gasteiger partial charge in [0, 0.05) is 51.4 Å². The second-order valence-corrected chi connectivity index (χ2v) is 1.58. The van der Waals surface area contributed by atoms with Crippen LogP contribution in [0.1, 0.15) is 20.3 Å². The Morgan fingerprint density at radius 1 is 1.12 bits per heavy atom. The monoisotopic (exact) mass is 139 g/mol. The third kappa shape index (κ3) is 10.1. The van der Waals surface area contributed by atoms with E-state index in [0.29, 0.717) is 0 Å². The van der Waals surface area contributed by atoms with E-state index in [9.17, 15) is 9.59 Å². The van der Waals surface area contributed by atoms with E-state index in [1.807, 2.05) is 0 Å². The van der Waals surface area contributed by atoms with Crippen LogP contribution in [0.15, 0.2) is 0 Å². The minimum Gasteiger partial charge on any atom is -0.300 e. The fraction of sp³-hybridized carbons (Fsp3) is 0.600. The maximum atomic E-state index is 10.0. The molecule has 0 rings (SSSR count). The molecule has 1 radical (unpaired) electrons. The van der Waals surface area contributed by atoms with Gasteiger partial charge in [0.25, 0.3) is 0 Å². The summed E-state index contributed by atoms with van der Waals surface area (Å²) in [6.07, 6.45) is 0.0833. The Labute approximate surface area is 91.4 Å². The van der Waals surface area contributed by atoms with Gasteiger partial charge < -0.3 is 0 Å². The zero-order chi connectivity index (χ0) is 5.86. The molecule has 0 aliphatic rings. The molecule has 0 bridgehead atoms. The molecular weight excluding hydrogens is 131 g/mol. The molecule has 0 unspecified atom stereocenters. The molecule has 0 N–H and O–H groups in total.